The highest BCUT2D eigenvalue weighted by atomic mass is 32.2. The summed E-state index contributed by atoms with van der Waals surface area (Å²) < 4.78 is 18.2. The van der Waals surface area contributed by atoms with Crippen molar-refractivity contribution < 1.29 is 4.21 Å². The van der Waals surface area contributed by atoms with Crippen molar-refractivity contribution in [1.29, 1.82) is 5.26 Å². The number of nitrogens with one attached hydrogen (secondary N) is 1. The summed E-state index contributed by atoms with van der Waals surface area (Å²) in [5.41, 5.74) is 5.10. The zero-order valence-corrected chi connectivity index (χ0v) is 21.6. The lowest BCUT2D eigenvalue weighted by atomic mass is 9.94. The maximum absolute atomic E-state index is 13.2. The van der Waals surface area contributed by atoms with E-state index in [9.17, 15) is 9.47 Å². The molecule has 180 valence electrons. The molecule has 0 bridgehead atoms. The van der Waals surface area contributed by atoms with Crippen LogP contribution in [-0.4, -0.2) is 23.7 Å². The number of benzene rings is 2. The van der Waals surface area contributed by atoms with Crippen LogP contribution in [0.2, 0.25) is 0 Å². The summed E-state index contributed by atoms with van der Waals surface area (Å²) in [5, 5.41) is 15.4. The first-order chi connectivity index (χ1) is 16.7. The van der Waals surface area contributed by atoms with Crippen LogP contribution in [0.4, 0.5) is 0 Å². The number of hydrogen-bond donors (Lipinski definition) is 1. The third-order valence-corrected chi connectivity index (χ3v) is 7.45. The number of nitrogens with zero attached hydrogens (tertiary/aromatic N) is 4. The van der Waals surface area contributed by atoms with Gasteiger partial charge in [0.1, 0.15) is 17.5 Å². The summed E-state index contributed by atoms with van der Waals surface area (Å²) in [7, 11) is -1.31. The summed E-state index contributed by atoms with van der Waals surface area (Å²) >= 11 is 0. The molecule has 0 spiro atoms. The fraction of sp³-hybridized carbons (Fsp3) is 0.321. The molecule has 4 aromatic rings. The van der Waals surface area contributed by atoms with Crippen molar-refractivity contribution in [3.63, 3.8) is 0 Å². The van der Waals surface area contributed by atoms with Crippen LogP contribution in [-0.2, 0) is 17.4 Å². The molecule has 0 aliphatic rings. The first-order valence-corrected chi connectivity index (χ1v) is 12.9. The van der Waals surface area contributed by atoms with Crippen molar-refractivity contribution in [3.05, 3.63) is 83.7 Å². The van der Waals surface area contributed by atoms with Crippen molar-refractivity contribution in [2.75, 3.05) is 0 Å². The molecule has 7 heteroatoms. The van der Waals surface area contributed by atoms with Crippen LogP contribution in [0.3, 0.4) is 0 Å². The van der Waals surface area contributed by atoms with Crippen LogP contribution >= 0.6 is 0 Å². The minimum atomic E-state index is -1.31. The second kappa shape index (κ2) is 10.1. The molecule has 2 aromatic heterocycles. The average Bonchev–Trinajstić information content (AvgIpc) is 3.23. The van der Waals surface area contributed by atoms with Crippen LogP contribution in [0.1, 0.15) is 63.7 Å². The molecular weight excluding hydrogens is 454 g/mol. The van der Waals surface area contributed by atoms with Gasteiger partial charge in [0.2, 0.25) is 0 Å². The van der Waals surface area contributed by atoms with Gasteiger partial charge in [-0.25, -0.2) is 13.9 Å². The van der Waals surface area contributed by atoms with Gasteiger partial charge in [0, 0.05) is 29.1 Å². The number of rotatable bonds is 7. The zero-order chi connectivity index (χ0) is 25.2. The number of fused-ring (bicyclic) bond motifs is 1. The Kier molecular flexibility index (Phi) is 7.15. The maximum atomic E-state index is 13.2. The van der Waals surface area contributed by atoms with E-state index < -0.39 is 15.7 Å². The predicted molar refractivity (Wildman–Crippen MR) is 142 cm³/mol. The Hall–Kier alpha value is -3.34. The molecule has 0 radical (unpaired) electrons. The lowest BCUT2D eigenvalue weighted by Gasteiger charge is -2.26. The molecule has 0 amide bonds. The second-order valence-corrected chi connectivity index (χ2v) is 11.9. The van der Waals surface area contributed by atoms with Crippen molar-refractivity contribution in [1.82, 2.24) is 19.5 Å². The van der Waals surface area contributed by atoms with Gasteiger partial charge in [-0.1, -0.05) is 48.5 Å². The van der Waals surface area contributed by atoms with E-state index in [2.05, 4.69) is 58.6 Å². The second-order valence-electron chi connectivity index (χ2n) is 9.87. The Morgan fingerprint density at radius 1 is 1.03 bits per heavy atom. The number of nitriles is 1. The standard InChI is InChI=1S/C28H31N5OS/c1-19(2)33-26-16-9-8-15-24(26)27(31-33)23-14-7-6-13-22(23)25(32-35(34)28(3,4)5)17-20-11-10-12-21(18-29)30-20/h6-16,19,25,32H,17H2,1-5H3/t25-,35-/m0/s1. The SMILES string of the molecule is CC(C)n1nc(-c2ccccc2[C@H](Cc2cccc(C#N)n2)N[S@@](=O)C(C)(C)C)c2ccccc21. The van der Waals surface area contributed by atoms with Crippen LogP contribution in [0, 0.1) is 11.3 Å². The van der Waals surface area contributed by atoms with Crippen LogP contribution in [0.15, 0.2) is 66.7 Å². The Bertz CT molecular complexity index is 1410. The van der Waals surface area contributed by atoms with E-state index in [4.69, 9.17) is 5.10 Å². The molecule has 0 aliphatic heterocycles. The Labute approximate surface area is 209 Å². The summed E-state index contributed by atoms with van der Waals surface area (Å²) in [6.07, 6.45) is 0.483. The lowest BCUT2D eigenvalue weighted by molar-refractivity contribution is 0.552. The first kappa shape index (κ1) is 24.8. The van der Waals surface area contributed by atoms with Gasteiger partial charge in [0.05, 0.1) is 27.3 Å². The number of aromatic nitrogens is 3. The average molecular weight is 486 g/mol. The Morgan fingerprint density at radius 3 is 2.46 bits per heavy atom. The van der Waals surface area contributed by atoms with E-state index in [0.717, 1.165) is 33.4 Å². The highest BCUT2D eigenvalue weighted by Gasteiger charge is 2.27. The summed E-state index contributed by atoms with van der Waals surface area (Å²) in [5.74, 6) is 0. The lowest BCUT2D eigenvalue weighted by Crippen LogP contribution is -2.36. The summed E-state index contributed by atoms with van der Waals surface area (Å²) in [6, 6.07) is 23.8. The molecule has 35 heavy (non-hydrogen) atoms. The Morgan fingerprint density at radius 2 is 1.74 bits per heavy atom. The molecule has 0 unspecified atom stereocenters. The largest absolute Gasteiger partial charge is 0.262 e. The molecule has 2 heterocycles. The van der Waals surface area contributed by atoms with Gasteiger partial charge in [-0.05, 0) is 58.4 Å². The van der Waals surface area contributed by atoms with E-state index in [1.54, 1.807) is 6.07 Å². The minimum absolute atomic E-state index is 0.209. The van der Waals surface area contributed by atoms with Gasteiger partial charge in [-0.3, -0.25) is 4.68 Å². The fourth-order valence-electron chi connectivity index (χ4n) is 4.08. The molecule has 1 N–H and O–H groups in total. The summed E-state index contributed by atoms with van der Waals surface area (Å²) in [6.45, 7) is 10.1. The van der Waals surface area contributed by atoms with Gasteiger partial charge in [-0.15, -0.1) is 0 Å². The number of hydrogen-bond acceptors (Lipinski definition) is 4. The molecule has 6 nitrogen and oxygen atoms in total. The van der Waals surface area contributed by atoms with E-state index in [-0.39, 0.29) is 12.1 Å². The fourth-order valence-corrected chi connectivity index (χ4v) is 4.91. The highest BCUT2D eigenvalue weighted by molar-refractivity contribution is 7.84. The van der Waals surface area contributed by atoms with Gasteiger partial charge < -0.3 is 0 Å². The normalized spacial score (nSPS) is 13.6. The molecule has 0 saturated heterocycles. The van der Waals surface area contributed by atoms with E-state index in [1.807, 2.05) is 57.2 Å². The molecule has 4 rings (SSSR count). The van der Waals surface area contributed by atoms with E-state index in [1.165, 1.54) is 0 Å². The monoisotopic (exact) mass is 485 g/mol. The van der Waals surface area contributed by atoms with Crippen molar-refractivity contribution >= 4 is 21.9 Å². The zero-order valence-electron chi connectivity index (χ0n) is 20.8. The van der Waals surface area contributed by atoms with Gasteiger partial charge in [0.25, 0.3) is 0 Å². The van der Waals surface area contributed by atoms with Crippen LogP contribution in [0.25, 0.3) is 22.2 Å². The number of pyridine rings is 1. The van der Waals surface area contributed by atoms with Gasteiger partial charge in [-0.2, -0.15) is 10.4 Å². The van der Waals surface area contributed by atoms with Gasteiger partial charge in [0.15, 0.2) is 0 Å². The van der Waals surface area contributed by atoms with E-state index in [0.29, 0.717) is 12.1 Å². The Balaban J connectivity index is 1.86. The predicted octanol–water partition coefficient (Wildman–Crippen LogP) is 5.89. The van der Waals surface area contributed by atoms with Crippen molar-refractivity contribution in [2.45, 2.75) is 57.9 Å². The molecule has 0 saturated carbocycles. The van der Waals surface area contributed by atoms with Crippen molar-refractivity contribution in [3.8, 4) is 17.3 Å². The first-order valence-electron chi connectivity index (χ1n) is 11.8. The van der Waals surface area contributed by atoms with Crippen molar-refractivity contribution in [2.24, 2.45) is 0 Å². The minimum Gasteiger partial charge on any atom is -0.262 e. The third kappa shape index (κ3) is 5.34. The third-order valence-electron chi connectivity index (χ3n) is 5.83. The topological polar surface area (TPSA) is 83.6 Å². The quantitative estimate of drug-likeness (QED) is 0.354. The smallest absolute Gasteiger partial charge is 0.140 e. The van der Waals surface area contributed by atoms with E-state index >= 15 is 0 Å². The molecule has 0 aliphatic carbocycles. The van der Waals surface area contributed by atoms with Crippen LogP contribution < -0.4 is 4.72 Å². The molecule has 2 atom stereocenters. The number of para-hydroxylation sites is 1. The summed E-state index contributed by atoms with van der Waals surface area (Å²) in [4.78, 5) is 4.49. The maximum Gasteiger partial charge on any atom is 0.140 e. The van der Waals surface area contributed by atoms with Gasteiger partial charge >= 0.3 is 0 Å². The molecule has 0 fully saturated rings. The highest BCUT2D eigenvalue weighted by Crippen LogP contribution is 2.35. The van der Waals surface area contributed by atoms with Crippen LogP contribution in [0.5, 0.6) is 0 Å². The molecular formula is C28H31N5OS. The molecule has 2 aromatic carbocycles.